The van der Waals surface area contributed by atoms with E-state index < -0.39 is 59.5 Å². The highest BCUT2D eigenvalue weighted by atomic mass is 19.4. The van der Waals surface area contributed by atoms with E-state index in [-0.39, 0.29) is 30.6 Å². The first kappa shape index (κ1) is 43.8. The number of anilines is 3. The molecule has 3 aliphatic heterocycles. The van der Waals surface area contributed by atoms with Gasteiger partial charge in [-0.05, 0) is 67.1 Å². The van der Waals surface area contributed by atoms with Gasteiger partial charge in [-0.2, -0.15) is 18.3 Å². The summed E-state index contributed by atoms with van der Waals surface area (Å²) in [6, 6.07) is 13.1. The number of urea groups is 1. The van der Waals surface area contributed by atoms with Gasteiger partial charge in [0.2, 0.25) is 18.0 Å². The molecule has 6 amide bonds. The van der Waals surface area contributed by atoms with Crippen molar-refractivity contribution in [3.8, 4) is 5.69 Å². The van der Waals surface area contributed by atoms with Crippen LogP contribution in [0.2, 0.25) is 0 Å². The Balaban J connectivity index is 0.741. The van der Waals surface area contributed by atoms with Crippen molar-refractivity contribution in [3.63, 3.8) is 0 Å². The van der Waals surface area contributed by atoms with E-state index in [0.29, 0.717) is 68.1 Å². The van der Waals surface area contributed by atoms with Gasteiger partial charge in [0.1, 0.15) is 18.1 Å². The van der Waals surface area contributed by atoms with Crippen LogP contribution in [-0.2, 0) is 36.5 Å². The minimum Gasteiger partial charge on any atom is -0.472 e. The minimum absolute atomic E-state index is 0.0363. The van der Waals surface area contributed by atoms with E-state index in [1.165, 1.54) is 18.5 Å². The van der Waals surface area contributed by atoms with Gasteiger partial charge >= 0.3 is 12.2 Å². The van der Waals surface area contributed by atoms with Crippen molar-refractivity contribution in [1.29, 1.82) is 0 Å². The van der Waals surface area contributed by atoms with Crippen molar-refractivity contribution in [2.45, 2.75) is 50.7 Å². The van der Waals surface area contributed by atoms with Crippen LogP contribution < -0.4 is 26.6 Å². The molecule has 4 aliphatic rings. The zero-order valence-electron chi connectivity index (χ0n) is 34.4. The molecule has 1 saturated carbocycles. The number of aromatic nitrogens is 3. The van der Waals surface area contributed by atoms with Gasteiger partial charge in [0.25, 0.3) is 11.8 Å². The smallest absolute Gasteiger partial charge is 0.437 e. The predicted octanol–water partition coefficient (Wildman–Crippen LogP) is 4.78. The lowest BCUT2D eigenvalue weighted by atomic mass is 10.0. The maximum Gasteiger partial charge on any atom is 0.437 e. The lowest BCUT2D eigenvalue weighted by Gasteiger charge is -2.27. The monoisotopic (exact) mass is 886 g/mol. The third kappa shape index (κ3) is 10.2. The molecule has 2 unspecified atom stereocenters. The van der Waals surface area contributed by atoms with E-state index in [9.17, 15) is 37.1 Å². The van der Waals surface area contributed by atoms with Crippen molar-refractivity contribution < 1.29 is 51.4 Å². The number of pyridine rings is 1. The van der Waals surface area contributed by atoms with Crippen LogP contribution in [0.1, 0.15) is 69.4 Å². The number of rotatable bonds is 19. The number of benzene rings is 2. The normalized spacial score (nSPS) is 18.3. The molecule has 8 rings (SSSR count). The predicted molar refractivity (Wildman–Crippen MR) is 223 cm³/mol. The number of halogens is 3. The number of fused-ring (bicyclic) bond motifs is 1. The maximum absolute atomic E-state index is 14.1. The van der Waals surface area contributed by atoms with Crippen molar-refractivity contribution in [1.82, 2.24) is 35.2 Å². The Hall–Kier alpha value is -6.84. The SMILES string of the molecule is O=C1CCC(N2C(=O)c3cccc(NCCOCCOCCNCc4ccc(-n5cc(NC(=O)N6C=COC6c6ccnc(NCC7CC7)c6)c(C(F)(F)F)n5)cc4)c3C2=O)C(=O)N1. The number of carbonyl (C=O) groups is 5. The molecule has 2 aromatic heterocycles. The molecule has 2 atom stereocenters. The van der Waals surface area contributed by atoms with Gasteiger partial charge in [0.15, 0.2) is 5.69 Å². The van der Waals surface area contributed by atoms with Gasteiger partial charge in [-0.3, -0.25) is 34.3 Å². The van der Waals surface area contributed by atoms with Crippen LogP contribution in [0.3, 0.4) is 0 Å². The van der Waals surface area contributed by atoms with Gasteiger partial charge in [-0.25, -0.2) is 14.5 Å². The second-order valence-electron chi connectivity index (χ2n) is 15.4. The highest BCUT2D eigenvalue weighted by molar-refractivity contribution is 6.25. The van der Waals surface area contributed by atoms with Crippen molar-refractivity contribution >= 4 is 46.9 Å². The molecule has 336 valence electrons. The molecule has 0 radical (unpaired) electrons. The molecular weight excluding hydrogens is 842 g/mol. The maximum atomic E-state index is 14.1. The third-order valence-corrected chi connectivity index (χ3v) is 10.8. The number of amides is 6. The van der Waals surface area contributed by atoms with E-state index in [1.807, 2.05) is 0 Å². The molecular formula is C43H45F3N10O8. The van der Waals surface area contributed by atoms with E-state index in [0.717, 1.165) is 45.6 Å². The number of ether oxygens (including phenoxy) is 3. The van der Waals surface area contributed by atoms with Crippen LogP contribution in [0.5, 0.6) is 0 Å². The number of nitrogens with one attached hydrogen (secondary N) is 5. The van der Waals surface area contributed by atoms with Gasteiger partial charge in [0.05, 0.1) is 55.1 Å². The summed E-state index contributed by atoms with van der Waals surface area (Å²) in [5, 5.41) is 17.9. The quantitative estimate of drug-likeness (QED) is 0.0635. The average molecular weight is 887 g/mol. The summed E-state index contributed by atoms with van der Waals surface area (Å²) in [5.41, 5.74) is 0.835. The fourth-order valence-electron chi connectivity index (χ4n) is 7.37. The summed E-state index contributed by atoms with van der Waals surface area (Å²) in [5.74, 6) is -1.07. The van der Waals surface area contributed by atoms with Gasteiger partial charge in [-0.1, -0.05) is 18.2 Å². The molecule has 64 heavy (non-hydrogen) atoms. The van der Waals surface area contributed by atoms with Crippen molar-refractivity contribution in [2.24, 2.45) is 5.92 Å². The van der Waals surface area contributed by atoms with E-state index in [2.05, 4.69) is 36.7 Å². The first-order valence-corrected chi connectivity index (χ1v) is 20.8. The fourth-order valence-corrected chi connectivity index (χ4v) is 7.37. The molecule has 2 aromatic carbocycles. The van der Waals surface area contributed by atoms with Crippen LogP contribution in [0, 0.1) is 5.92 Å². The van der Waals surface area contributed by atoms with Crippen molar-refractivity contribution in [2.75, 3.05) is 62.0 Å². The first-order chi connectivity index (χ1) is 30.9. The Morgan fingerprint density at radius 3 is 2.44 bits per heavy atom. The highest BCUT2D eigenvalue weighted by Gasteiger charge is 2.46. The molecule has 2 fully saturated rings. The van der Waals surface area contributed by atoms with Crippen LogP contribution in [0.25, 0.3) is 5.69 Å². The molecule has 21 heteroatoms. The fraction of sp³-hybridized carbons (Fsp3) is 0.372. The van der Waals surface area contributed by atoms with Crippen LogP contribution in [0.4, 0.5) is 35.2 Å². The van der Waals surface area contributed by atoms with Gasteiger partial charge in [-0.15, -0.1) is 0 Å². The largest absolute Gasteiger partial charge is 0.472 e. The molecule has 0 bridgehead atoms. The molecule has 18 nitrogen and oxygen atoms in total. The minimum atomic E-state index is -4.85. The average Bonchev–Trinajstić information content (AvgIpc) is 3.67. The number of carbonyl (C=O) groups excluding carboxylic acids is 5. The Morgan fingerprint density at radius 2 is 1.69 bits per heavy atom. The molecule has 5 heterocycles. The lowest BCUT2D eigenvalue weighted by molar-refractivity contribution is -0.140. The summed E-state index contributed by atoms with van der Waals surface area (Å²) in [7, 11) is 0. The second-order valence-corrected chi connectivity index (χ2v) is 15.4. The molecule has 4 aromatic rings. The van der Waals surface area contributed by atoms with Crippen LogP contribution in [-0.4, -0.2) is 106 Å². The van der Waals surface area contributed by atoms with Gasteiger partial charge in [0, 0.05) is 56.2 Å². The zero-order chi connectivity index (χ0) is 44.8. The summed E-state index contributed by atoms with van der Waals surface area (Å²) in [6.07, 6.45) is 2.02. The lowest BCUT2D eigenvalue weighted by Crippen LogP contribution is -2.54. The Kier molecular flexibility index (Phi) is 13.2. The Bertz CT molecular complexity index is 2420. The molecule has 5 N–H and O–H groups in total. The molecule has 1 aliphatic carbocycles. The topological polar surface area (TPSA) is 210 Å². The van der Waals surface area contributed by atoms with E-state index in [4.69, 9.17) is 14.2 Å². The Morgan fingerprint density at radius 1 is 0.906 bits per heavy atom. The summed E-state index contributed by atoms with van der Waals surface area (Å²) in [6.45, 7) is 3.39. The number of hydrogen-bond donors (Lipinski definition) is 5. The van der Waals surface area contributed by atoms with E-state index in [1.54, 1.807) is 54.7 Å². The third-order valence-electron chi connectivity index (χ3n) is 10.8. The number of nitrogens with zero attached hydrogens (tertiary/aromatic N) is 5. The summed E-state index contributed by atoms with van der Waals surface area (Å²) in [4.78, 5) is 69.9. The molecule has 0 spiro atoms. The molecule has 1 saturated heterocycles. The van der Waals surface area contributed by atoms with Gasteiger partial charge < -0.3 is 35.5 Å². The Labute approximate surface area is 364 Å². The number of piperidine rings is 1. The summed E-state index contributed by atoms with van der Waals surface area (Å²) >= 11 is 0. The van der Waals surface area contributed by atoms with Crippen LogP contribution in [0.15, 0.2) is 79.5 Å². The van der Waals surface area contributed by atoms with E-state index >= 15 is 0 Å². The zero-order valence-corrected chi connectivity index (χ0v) is 34.4. The number of hydrogen-bond acceptors (Lipinski definition) is 13. The standard InChI is InChI=1S/C43H45F3N10O8/c44-43(45,46)37-32(51-42(61)54-16-19-64-41(54)28-12-13-49-34(22-28)50-24-27-4-5-27)25-55(53-37)29-8-6-26(7-9-29)23-47-14-17-62-20-21-63-18-15-48-31-3-1-2-30-36(31)40(60)56(39(30)59)33-10-11-35(57)52-38(33)58/h1-3,6-9,12-13,16,19,22,25,27,33,41,47-48H,4-5,10-11,14-15,17-18,20-21,23-24H2,(H,49,50)(H,51,61)(H,52,57,58). The van der Waals surface area contributed by atoms with Crippen LogP contribution >= 0.6 is 0 Å². The number of alkyl halides is 3. The summed E-state index contributed by atoms with van der Waals surface area (Å²) < 4.78 is 60.4. The highest BCUT2D eigenvalue weighted by Crippen LogP contribution is 2.37. The number of imide groups is 2. The van der Waals surface area contributed by atoms with Crippen molar-refractivity contribution in [3.05, 3.63) is 107 Å². The second kappa shape index (κ2) is 19.3. The first-order valence-electron chi connectivity index (χ1n) is 20.8.